The van der Waals surface area contributed by atoms with Crippen molar-refractivity contribution in [1.82, 2.24) is 0 Å². The van der Waals surface area contributed by atoms with Crippen molar-refractivity contribution < 1.29 is 29.0 Å². The van der Waals surface area contributed by atoms with Gasteiger partial charge in [0, 0.05) is 31.1 Å². The first-order valence-electron chi connectivity index (χ1n) is 11.1. The topological polar surface area (TPSA) is 97.7 Å². The van der Waals surface area contributed by atoms with Gasteiger partial charge in [-0.1, -0.05) is 26.3 Å². The van der Waals surface area contributed by atoms with Crippen LogP contribution in [-0.4, -0.2) is 40.6 Å². The van der Waals surface area contributed by atoms with Crippen LogP contribution in [0.25, 0.3) is 0 Å². The number of hydrogen-bond donors (Lipinski definition) is 1. The van der Waals surface area contributed by atoms with Crippen LogP contribution in [0.2, 0.25) is 0 Å². The standard InChI is InChI=1S/C24H32O6/c1-13-9-18-17-6-5-15-10-16(26)7-8-22(15,3)21(17)19(27)11-23(18,4)24(13,29)20(28)12-30-14(2)25/h10,13,17-18,21,29H,5-9,11-12H2,1-4H3/t13-,17+,18+,21-,22+,23+,24+/m1/s1. The number of carbonyl (C=O) groups is 4. The molecule has 4 aliphatic rings. The molecule has 6 nitrogen and oxygen atoms in total. The van der Waals surface area contributed by atoms with E-state index in [1.54, 1.807) is 6.08 Å². The summed E-state index contributed by atoms with van der Waals surface area (Å²) in [5.74, 6) is -1.19. The third kappa shape index (κ3) is 2.72. The lowest BCUT2D eigenvalue weighted by Gasteiger charge is -2.57. The number of allylic oxidation sites excluding steroid dienone is 1. The van der Waals surface area contributed by atoms with Crippen LogP contribution in [-0.2, 0) is 23.9 Å². The maximum atomic E-state index is 13.6. The molecule has 30 heavy (non-hydrogen) atoms. The molecule has 0 unspecified atom stereocenters. The first-order valence-corrected chi connectivity index (χ1v) is 11.1. The van der Waals surface area contributed by atoms with Crippen LogP contribution in [0.3, 0.4) is 0 Å². The number of esters is 1. The highest BCUT2D eigenvalue weighted by atomic mass is 16.5. The second-order valence-electron chi connectivity index (χ2n) is 10.5. The molecule has 7 atom stereocenters. The van der Waals surface area contributed by atoms with E-state index in [1.165, 1.54) is 6.92 Å². The van der Waals surface area contributed by atoms with Gasteiger partial charge in [0.2, 0.25) is 5.78 Å². The molecule has 164 valence electrons. The fourth-order valence-corrected chi connectivity index (χ4v) is 7.59. The van der Waals surface area contributed by atoms with Crippen LogP contribution < -0.4 is 0 Å². The molecular weight excluding hydrogens is 384 g/mol. The number of fused-ring (bicyclic) bond motifs is 5. The smallest absolute Gasteiger partial charge is 0.303 e. The molecule has 6 heteroatoms. The second kappa shape index (κ2) is 6.84. The van der Waals surface area contributed by atoms with Gasteiger partial charge >= 0.3 is 5.97 Å². The monoisotopic (exact) mass is 416 g/mol. The Morgan fingerprint density at radius 1 is 1.23 bits per heavy atom. The van der Waals surface area contributed by atoms with Crippen LogP contribution >= 0.6 is 0 Å². The molecule has 0 aromatic carbocycles. The van der Waals surface area contributed by atoms with E-state index in [0.717, 1.165) is 18.4 Å². The Kier molecular flexibility index (Phi) is 4.88. The molecule has 0 radical (unpaired) electrons. The molecular formula is C24H32O6. The summed E-state index contributed by atoms with van der Waals surface area (Å²) in [5.41, 5.74) is -1.76. The van der Waals surface area contributed by atoms with E-state index >= 15 is 0 Å². The molecule has 3 fully saturated rings. The minimum Gasteiger partial charge on any atom is -0.458 e. The van der Waals surface area contributed by atoms with Crippen LogP contribution in [0.4, 0.5) is 0 Å². The van der Waals surface area contributed by atoms with Gasteiger partial charge in [0.25, 0.3) is 0 Å². The van der Waals surface area contributed by atoms with Gasteiger partial charge in [-0.05, 0) is 54.9 Å². The number of rotatable bonds is 3. The second-order valence-corrected chi connectivity index (χ2v) is 10.5. The Morgan fingerprint density at radius 2 is 1.93 bits per heavy atom. The SMILES string of the molecule is CC(=O)OCC(=O)[C@@]1(O)[C@H](C)C[C@H]2[C@@H]3CCC4=CC(=O)CC[C@]4(C)[C@H]3C(=O)C[C@@]21C. The number of ether oxygens (including phenoxy) is 1. The fraction of sp³-hybridized carbons (Fsp3) is 0.750. The molecule has 0 saturated heterocycles. The van der Waals surface area contributed by atoms with Crippen molar-refractivity contribution in [3.05, 3.63) is 11.6 Å². The lowest BCUT2D eigenvalue weighted by atomic mass is 9.46. The lowest BCUT2D eigenvalue weighted by Crippen LogP contribution is -2.62. The van der Waals surface area contributed by atoms with Crippen molar-refractivity contribution in [2.24, 2.45) is 34.5 Å². The molecule has 0 aromatic rings. The van der Waals surface area contributed by atoms with Gasteiger partial charge in [-0.3, -0.25) is 19.2 Å². The molecule has 4 rings (SSSR count). The van der Waals surface area contributed by atoms with Gasteiger partial charge in [-0.2, -0.15) is 0 Å². The lowest BCUT2D eigenvalue weighted by molar-refractivity contribution is -0.177. The molecule has 0 bridgehead atoms. The highest BCUT2D eigenvalue weighted by Crippen LogP contribution is 2.67. The van der Waals surface area contributed by atoms with Crippen molar-refractivity contribution in [3.63, 3.8) is 0 Å². The Bertz CT molecular complexity index is 858. The van der Waals surface area contributed by atoms with Gasteiger partial charge in [0.15, 0.2) is 12.4 Å². The van der Waals surface area contributed by atoms with Crippen molar-refractivity contribution in [3.8, 4) is 0 Å². The van der Waals surface area contributed by atoms with Gasteiger partial charge in [0.1, 0.15) is 11.4 Å². The zero-order valence-electron chi connectivity index (χ0n) is 18.3. The van der Waals surface area contributed by atoms with Gasteiger partial charge in [-0.15, -0.1) is 0 Å². The summed E-state index contributed by atoms with van der Waals surface area (Å²) >= 11 is 0. The van der Waals surface area contributed by atoms with E-state index in [4.69, 9.17) is 4.74 Å². The summed E-state index contributed by atoms with van der Waals surface area (Å²) < 4.78 is 4.91. The highest BCUT2D eigenvalue weighted by Gasteiger charge is 2.70. The van der Waals surface area contributed by atoms with Crippen LogP contribution in [0.5, 0.6) is 0 Å². The van der Waals surface area contributed by atoms with Crippen LogP contribution in [0, 0.1) is 34.5 Å². The quantitative estimate of drug-likeness (QED) is 0.711. The van der Waals surface area contributed by atoms with Crippen molar-refractivity contribution in [1.29, 1.82) is 0 Å². The molecule has 0 heterocycles. The molecule has 3 saturated carbocycles. The average Bonchev–Trinajstić information content (AvgIpc) is 2.87. The number of carbonyl (C=O) groups excluding carboxylic acids is 4. The van der Waals surface area contributed by atoms with Gasteiger partial charge < -0.3 is 9.84 Å². The summed E-state index contributed by atoms with van der Waals surface area (Å²) in [4.78, 5) is 49.8. The normalized spacial score (nSPS) is 45.2. The third-order valence-electron chi connectivity index (χ3n) is 9.07. The van der Waals surface area contributed by atoms with Crippen molar-refractivity contribution >= 4 is 23.3 Å². The van der Waals surface area contributed by atoms with Gasteiger partial charge in [-0.25, -0.2) is 0 Å². The predicted octanol–water partition coefficient (Wildman–Crippen LogP) is 2.81. The molecule has 0 spiro atoms. The van der Waals surface area contributed by atoms with Gasteiger partial charge in [0.05, 0.1) is 0 Å². The largest absolute Gasteiger partial charge is 0.458 e. The maximum absolute atomic E-state index is 13.6. The third-order valence-corrected chi connectivity index (χ3v) is 9.07. The zero-order valence-corrected chi connectivity index (χ0v) is 18.3. The summed E-state index contributed by atoms with van der Waals surface area (Å²) in [6, 6.07) is 0. The average molecular weight is 417 g/mol. The van der Waals surface area contributed by atoms with Crippen molar-refractivity contribution in [2.75, 3.05) is 6.61 Å². The number of Topliss-reactive ketones (excluding diaryl/α,β-unsaturated/α-hetero) is 2. The highest BCUT2D eigenvalue weighted by molar-refractivity contribution is 5.95. The Balaban J connectivity index is 1.70. The molecule has 0 aliphatic heterocycles. The van der Waals surface area contributed by atoms with Crippen LogP contribution in [0.15, 0.2) is 11.6 Å². The van der Waals surface area contributed by atoms with Crippen LogP contribution in [0.1, 0.15) is 66.2 Å². The minimum atomic E-state index is -1.69. The Hall–Kier alpha value is -1.82. The van der Waals surface area contributed by atoms with E-state index in [1.807, 2.05) is 13.8 Å². The summed E-state index contributed by atoms with van der Waals surface area (Å²) in [5, 5.41) is 11.7. The number of aliphatic hydroxyl groups is 1. The first kappa shape index (κ1) is 21.4. The fourth-order valence-electron chi connectivity index (χ4n) is 7.59. The number of ketones is 3. The predicted molar refractivity (Wildman–Crippen MR) is 108 cm³/mol. The maximum Gasteiger partial charge on any atom is 0.303 e. The molecule has 0 aromatic heterocycles. The van der Waals surface area contributed by atoms with E-state index in [9.17, 15) is 24.3 Å². The zero-order chi connectivity index (χ0) is 22.1. The first-order chi connectivity index (χ1) is 13.9. The van der Waals surface area contributed by atoms with E-state index < -0.39 is 29.4 Å². The summed E-state index contributed by atoms with van der Waals surface area (Å²) in [6.07, 6.45) is 5.32. The van der Waals surface area contributed by atoms with E-state index in [2.05, 4.69) is 6.92 Å². The summed E-state index contributed by atoms with van der Waals surface area (Å²) in [7, 11) is 0. The van der Waals surface area contributed by atoms with E-state index in [0.29, 0.717) is 19.3 Å². The number of hydrogen-bond acceptors (Lipinski definition) is 6. The van der Waals surface area contributed by atoms with Crippen molar-refractivity contribution in [2.45, 2.75) is 71.8 Å². The minimum absolute atomic E-state index is 0.0393. The Morgan fingerprint density at radius 3 is 2.60 bits per heavy atom. The van der Waals surface area contributed by atoms with E-state index in [-0.39, 0.29) is 47.1 Å². The molecule has 0 amide bonds. The summed E-state index contributed by atoms with van der Waals surface area (Å²) in [6.45, 7) is 6.63. The molecule has 1 N–H and O–H groups in total. The Labute approximate surface area is 177 Å². The molecule has 4 aliphatic carbocycles.